The van der Waals surface area contributed by atoms with E-state index in [1.54, 1.807) is 0 Å². The van der Waals surface area contributed by atoms with E-state index in [2.05, 4.69) is 0 Å². The van der Waals surface area contributed by atoms with Crippen molar-refractivity contribution in [3.05, 3.63) is 0 Å². The molecule has 0 aromatic carbocycles. The van der Waals surface area contributed by atoms with E-state index >= 15 is 0 Å². The first-order valence-corrected chi connectivity index (χ1v) is 5.71. The van der Waals surface area contributed by atoms with Gasteiger partial charge in [0, 0.05) is 6.04 Å². The first kappa shape index (κ1) is 14.9. The van der Waals surface area contributed by atoms with E-state index in [4.69, 9.17) is 10.8 Å². The van der Waals surface area contributed by atoms with Gasteiger partial charge in [0.25, 0.3) is 0 Å². The Labute approximate surface area is 96.6 Å². The fraction of sp³-hybridized carbons (Fsp3) is 0.818. The fourth-order valence-electron chi connectivity index (χ4n) is 1.46. The van der Waals surface area contributed by atoms with Gasteiger partial charge in [-0.1, -0.05) is 20.3 Å². The second-order valence-corrected chi connectivity index (χ2v) is 4.01. The first-order chi connectivity index (χ1) is 7.43. The molecule has 1 unspecified atom stereocenters. The Morgan fingerprint density at radius 3 is 2.31 bits per heavy atom. The monoisotopic (exact) mass is 230 g/mol. The highest BCUT2D eigenvalue weighted by atomic mass is 16.4. The summed E-state index contributed by atoms with van der Waals surface area (Å²) in [5.41, 5.74) is 5.71. The number of carboxylic acid groups (broad SMARTS) is 1. The normalized spacial score (nSPS) is 14.2. The van der Waals surface area contributed by atoms with E-state index < -0.39 is 12.0 Å². The molecule has 5 heteroatoms. The third kappa shape index (κ3) is 4.61. The molecule has 3 N–H and O–H groups in total. The van der Waals surface area contributed by atoms with E-state index in [0.717, 1.165) is 12.8 Å². The van der Waals surface area contributed by atoms with Crippen molar-refractivity contribution in [3.8, 4) is 0 Å². The molecule has 0 aromatic rings. The number of hydrogen-bond donors (Lipinski definition) is 2. The Morgan fingerprint density at radius 2 is 1.94 bits per heavy atom. The number of rotatable bonds is 7. The lowest BCUT2D eigenvalue weighted by atomic mass is 10.1. The molecule has 16 heavy (non-hydrogen) atoms. The Hall–Kier alpha value is -1.10. The van der Waals surface area contributed by atoms with E-state index in [1.807, 2.05) is 20.8 Å². The zero-order chi connectivity index (χ0) is 12.7. The van der Waals surface area contributed by atoms with Crippen molar-refractivity contribution in [3.63, 3.8) is 0 Å². The topological polar surface area (TPSA) is 83.6 Å². The average molecular weight is 230 g/mol. The zero-order valence-electron chi connectivity index (χ0n) is 10.3. The van der Waals surface area contributed by atoms with Gasteiger partial charge in [-0.05, 0) is 19.8 Å². The Bertz CT molecular complexity index is 243. The van der Waals surface area contributed by atoms with Gasteiger partial charge in [0.2, 0.25) is 5.91 Å². The molecule has 1 amide bonds. The summed E-state index contributed by atoms with van der Waals surface area (Å²) in [6, 6.07) is -0.676. The van der Waals surface area contributed by atoms with Crippen LogP contribution in [0, 0.1) is 0 Å². The van der Waals surface area contributed by atoms with Crippen LogP contribution in [0.25, 0.3) is 0 Å². The van der Waals surface area contributed by atoms with Gasteiger partial charge >= 0.3 is 5.97 Å². The maximum absolute atomic E-state index is 11.9. The molecular formula is C11H22N2O3. The lowest BCUT2D eigenvalue weighted by molar-refractivity contribution is -0.146. The van der Waals surface area contributed by atoms with Gasteiger partial charge in [0.15, 0.2) is 0 Å². The number of nitrogens with two attached hydrogens (primary N) is 1. The van der Waals surface area contributed by atoms with Gasteiger partial charge in [-0.2, -0.15) is 0 Å². The number of carbonyl (C=O) groups excluding carboxylic acids is 1. The first-order valence-electron chi connectivity index (χ1n) is 5.71. The van der Waals surface area contributed by atoms with Crippen molar-refractivity contribution in [1.29, 1.82) is 0 Å². The Morgan fingerprint density at radius 1 is 1.38 bits per heavy atom. The summed E-state index contributed by atoms with van der Waals surface area (Å²) >= 11 is 0. The van der Waals surface area contributed by atoms with Crippen LogP contribution in [-0.4, -0.2) is 40.5 Å². The maximum atomic E-state index is 11.9. The molecule has 0 aliphatic carbocycles. The predicted molar refractivity (Wildman–Crippen MR) is 62.0 cm³/mol. The summed E-state index contributed by atoms with van der Waals surface area (Å²) in [7, 11) is 0. The van der Waals surface area contributed by atoms with Crippen molar-refractivity contribution in [2.75, 3.05) is 6.54 Å². The van der Waals surface area contributed by atoms with Crippen molar-refractivity contribution in [2.45, 2.75) is 52.1 Å². The smallest absolute Gasteiger partial charge is 0.323 e. The predicted octanol–water partition coefficient (Wildman–Crippen LogP) is 0.825. The second kappa shape index (κ2) is 7.22. The van der Waals surface area contributed by atoms with E-state index in [9.17, 15) is 9.59 Å². The minimum atomic E-state index is -1.00. The molecule has 94 valence electrons. The lowest BCUT2D eigenvalue weighted by Gasteiger charge is -2.29. The molecule has 2 atom stereocenters. The Balaban J connectivity index is 4.61. The third-order valence-electron chi connectivity index (χ3n) is 2.63. The van der Waals surface area contributed by atoms with Crippen LogP contribution < -0.4 is 5.73 Å². The summed E-state index contributed by atoms with van der Waals surface area (Å²) in [6.45, 7) is 5.42. The number of carboxylic acids is 1. The lowest BCUT2D eigenvalue weighted by Crippen LogP contribution is -2.49. The van der Waals surface area contributed by atoms with Crippen LogP contribution in [0.2, 0.25) is 0 Å². The Kier molecular flexibility index (Phi) is 6.72. The van der Waals surface area contributed by atoms with Gasteiger partial charge in [0.1, 0.15) is 6.54 Å². The largest absolute Gasteiger partial charge is 0.480 e. The molecule has 0 spiro atoms. The maximum Gasteiger partial charge on any atom is 0.323 e. The van der Waals surface area contributed by atoms with Crippen LogP contribution >= 0.6 is 0 Å². The molecule has 0 saturated carbocycles. The highest BCUT2D eigenvalue weighted by Gasteiger charge is 2.25. The highest BCUT2D eigenvalue weighted by Crippen LogP contribution is 2.07. The highest BCUT2D eigenvalue weighted by molar-refractivity contribution is 5.85. The van der Waals surface area contributed by atoms with Gasteiger partial charge in [0.05, 0.1) is 6.04 Å². The van der Waals surface area contributed by atoms with Crippen molar-refractivity contribution in [2.24, 2.45) is 5.73 Å². The molecule has 0 saturated heterocycles. The molecule has 0 radical (unpaired) electrons. The summed E-state index contributed by atoms with van der Waals surface area (Å²) < 4.78 is 0. The summed E-state index contributed by atoms with van der Waals surface area (Å²) in [5.74, 6) is -1.27. The molecule has 0 bridgehead atoms. The number of hydrogen-bond acceptors (Lipinski definition) is 3. The minimum Gasteiger partial charge on any atom is -0.480 e. The standard InChI is InChI=1S/C11H22N2O3/c1-4-6-9(12)11(16)13(7-10(14)15)8(3)5-2/h8-9H,4-7,12H2,1-3H3,(H,14,15)/t8?,9-/m1/s1. The SMILES string of the molecule is CCC[C@@H](N)C(=O)N(CC(=O)O)C(C)CC. The molecule has 0 fully saturated rings. The number of carbonyl (C=O) groups is 2. The van der Waals surface area contributed by atoms with Crippen LogP contribution in [0.1, 0.15) is 40.0 Å². The van der Waals surface area contributed by atoms with Crippen molar-refractivity contribution in [1.82, 2.24) is 4.90 Å². The number of nitrogens with zero attached hydrogens (tertiary/aromatic N) is 1. The fourth-order valence-corrected chi connectivity index (χ4v) is 1.46. The zero-order valence-corrected chi connectivity index (χ0v) is 10.3. The van der Waals surface area contributed by atoms with Crippen LogP contribution in [0.5, 0.6) is 0 Å². The van der Waals surface area contributed by atoms with E-state index in [-0.39, 0.29) is 18.5 Å². The quantitative estimate of drug-likeness (QED) is 0.678. The van der Waals surface area contributed by atoms with Gasteiger partial charge in [-0.15, -0.1) is 0 Å². The van der Waals surface area contributed by atoms with Crippen LogP contribution in [0.3, 0.4) is 0 Å². The molecule has 0 aliphatic rings. The van der Waals surface area contributed by atoms with Crippen molar-refractivity contribution < 1.29 is 14.7 Å². The second-order valence-electron chi connectivity index (χ2n) is 4.01. The molecular weight excluding hydrogens is 208 g/mol. The molecule has 0 rings (SSSR count). The summed E-state index contributed by atoms with van der Waals surface area (Å²) in [4.78, 5) is 23.9. The average Bonchev–Trinajstić information content (AvgIpc) is 2.24. The number of amides is 1. The van der Waals surface area contributed by atoms with Crippen molar-refractivity contribution >= 4 is 11.9 Å². The molecule has 0 heterocycles. The number of aliphatic carboxylic acids is 1. The van der Waals surface area contributed by atoms with E-state index in [0.29, 0.717) is 6.42 Å². The van der Waals surface area contributed by atoms with Gasteiger partial charge in [-0.3, -0.25) is 9.59 Å². The van der Waals surface area contributed by atoms with Crippen LogP contribution in [0.15, 0.2) is 0 Å². The minimum absolute atomic E-state index is 0.0912. The third-order valence-corrected chi connectivity index (χ3v) is 2.63. The van der Waals surface area contributed by atoms with Crippen LogP contribution in [-0.2, 0) is 9.59 Å². The van der Waals surface area contributed by atoms with Gasteiger partial charge < -0.3 is 15.7 Å². The summed E-state index contributed by atoms with van der Waals surface area (Å²) in [5, 5.41) is 8.75. The molecule has 0 aliphatic heterocycles. The van der Waals surface area contributed by atoms with E-state index in [1.165, 1.54) is 4.90 Å². The molecule has 0 aromatic heterocycles. The molecule has 5 nitrogen and oxygen atoms in total. The van der Waals surface area contributed by atoms with Crippen LogP contribution in [0.4, 0.5) is 0 Å². The summed E-state index contributed by atoms with van der Waals surface area (Å²) in [6.07, 6.45) is 2.12. The van der Waals surface area contributed by atoms with Gasteiger partial charge in [-0.25, -0.2) is 0 Å².